The topological polar surface area (TPSA) is 39.2 Å². The van der Waals surface area contributed by atoms with E-state index in [9.17, 15) is 4.79 Å². The molecular weight excluding hydrogens is 330 g/mol. The minimum absolute atomic E-state index is 0.403. The molecule has 0 amide bonds. The fourth-order valence-corrected chi connectivity index (χ4v) is 3.74. The number of nitrogens with zero attached hydrogens (tertiary/aromatic N) is 1. The average molecular weight is 349 g/mol. The number of hydrogen-bond acceptors (Lipinski definition) is 4. The number of rotatable bonds is 5. The molecule has 1 saturated carbocycles. The lowest BCUT2D eigenvalue weighted by molar-refractivity contribution is -0.120. The van der Waals surface area contributed by atoms with Gasteiger partial charge in [-0.2, -0.15) is 4.37 Å². The summed E-state index contributed by atoms with van der Waals surface area (Å²) in [7, 11) is 0. The summed E-state index contributed by atoms with van der Waals surface area (Å²) in [6.07, 6.45) is 2.58. The van der Waals surface area contributed by atoms with Gasteiger partial charge in [-0.25, -0.2) is 0 Å². The van der Waals surface area contributed by atoms with Crippen LogP contribution in [0.3, 0.4) is 0 Å². The van der Waals surface area contributed by atoms with Crippen LogP contribution >= 0.6 is 11.5 Å². The van der Waals surface area contributed by atoms with E-state index >= 15 is 0 Å². The highest BCUT2D eigenvalue weighted by Gasteiger charge is 2.38. The molecule has 4 heteroatoms. The molecule has 0 spiro atoms. The zero-order valence-corrected chi connectivity index (χ0v) is 15.1. The highest BCUT2D eigenvalue weighted by atomic mass is 32.1. The quantitative estimate of drug-likeness (QED) is 0.581. The minimum Gasteiger partial charge on any atom is -0.425 e. The van der Waals surface area contributed by atoms with Crippen molar-refractivity contribution >= 4 is 18.0 Å². The SMILES string of the molecule is Cc1snc(-c2ccc(-c3ccc(C4(C)CC4)cc3)cc2)c1OC=O. The Morgan fingerprint density at radius 2 is 1.56 bits per heavy atom. The maximum atomic E-state index is 10.7. The van der Waals surface area contributed by atoms with Gasteiger partial charge in [-0.05, 0) is 53.4 Å². The number of aryl methyl sites for hydroxylation is 1. The van der Waals surface area contributed by atoms with E-state index in [4.69, 9.17) is 4.74 Å². The van der Waals surface area contributed by atoms with Crippen LogP contribution in [0.25, 0.3) is 22.4 Å². The maximum absolute atomic E-state index is 10.7. The second kappa shape index (κ2) is 6.12. The monoisotopic (exact) mass is 349 g/mol. The molecule has 0 bridgehead atoms. The van der Waals surface area contributed by atoms with Crippen LogP contribution in [0.1, 0.15) is 30.2 Å². The van der Waals surface area contributed by atoms with E-state index in [1.54, 1.807) is 0 Å². The summed E-state index contributed by atoms with van der Waals surface area (Å²) in [6, 6.07) is 17.1. The van der Waals surface area contributed by atoms with E-state index in [-0.39, 0.29) is 0 Å². The molecular formula is C21H19NO2S. The van der Waals surface area contributed by atoms with Gasteiger partial charge in [-0.1, -0.05) is 55.5 Å². The largest absolute Gasteiger partial charge is 0.425 e. The smallest absolute Gasteiger partial charge is 0.298 e. The van der Waals surface area contributed by atoms with Crippen LogP contribution in [-0.4, -0.2) is 10.8 Å². The molecule has 1 aliphatic rings. The number of carbonyl (C=O) groups excluding carboxylic acids is 1. The van der Waals surface area contributed by atoms with Crippen LogP contribution < -0.4 is 4.74 Å². The normalized spacial score (nSPS) is 15.0. The summed E-state index contributed by atoms with van der Waals surface area (Å²) in [5.41, 5.74) is 5.88. The lowest BCUT2D eigenvalue weighted by Gasteiger charge is -2.10. The van der Waals surface area contributed by atoms with Crippen LogP contribution in [0.2, 0.25) is 0 Å². The van der Waals surface area contributed by atoms with Gasteiger partial charge in [0.1, 0.15) is 5.69 Å². The average Bonchev–Trinajstić information content (AvgIpc) is 3.30. The van der Waals surface area contributed by atoms with Crippen molar-refractivity contribution in [2.45, 2.75) is 32.1 Å². The molecule has 1 aromatic heterocycles. The fourth-order valence-electron chi connectivity index (χ4n) is 3.10. The van der Waals surface area contributed by atoms with Crippen molar-refractivity contribution < 1.29 is 9.53 Å². The summed E-state index contributed by atoms with van der Waals surface area (Å²) in [5.74, 6) is 0.551. The predicted molar refractivity (Wildman–Crippen MR) is 101 cm³/mol. The Morgan fingerprint density at radius 3 is 2.12 bits per heavy atom. The molecule has 0 aliphatic heterocycles. The lowest BCUT2D eigenvalue weighted by Crippen LogP contribution is -1.98. The van der Waals surface area contributed by atoms with Crippen molar-refractivity contribution in [3.8, 4) is 28.1 Å². The van der Waals surface area contributed by atoms with Crippen molar-refractivity contribution in [1.29, 1.82) is 0 Å². The van der Waals surface area contributed by atoms with Gasteiger partial charge in [0, 0.05) is 5.56 Å². The molecule has 1 fully saturated rings. The Balaban J connectivity index is 1.61. The minimum atomic E-state index is 0.403. The molecule has 2 aromatic carbocycles. The maximum Gasteiger partial charge on any atom is 0.298 e. The summed E-state index contributed by atoms with van der Waals surface area (Å²) in [5, 5.41) is 0. The molecule has 1 heterocycles. The Hall–Kier alpha value is -2.46. The van der Waals surface area contributed by atoms with Gasteiger partial charge in [-0.15, -0.1) is 0 Å². The van der Waals surface area contributed by atoms with Gasteiger partial charge in [0.25, 0.3) is 6.47 Å². The second-order valence-electron chi connectivity index (χ2n) is 6.85. The first-order chi connectivity index (χ1) is 12.1. The molecule has 0 atom stereocenters. The predicted octanol–water partition coefficient (Wildman–Crippen LogP) is 5.37. The van der Waals surface area contributed by atoms with E-state index in [2.05, 4.69) is 47.7 Å². The van der Waals surface area contributed by atoms with Crippen molar-refractivity contribution in [3.63, 3.8) is 0 Å². The lowest BCUT2D eigenvalue weighted by atomic mass is 9.95. The molecule has 0 radical (unpaired) electrons. The fraction of sp³-hybridized carbons (Fsp3) is 0.238. The number of hydrogen-bond donors (Lipinski definition) is 0. The molecule has 3 aromatic rings. The molecule has 1 aliphatic carbocycles. The van der Waals surface area contributed by atoms with Gasteiger partial charge >= 0.3 is 0 Å². The molecule has 126 valence electrons. The van der Waals surface area contributed by atoms with Crippen LogP contribution in [-0.2, 0) is 10.2 Å². The van der Waals surface area contributed by atoms with E-state index in [0.717, 1.165) is 16.1 Å². The van der Waals surface area contributed by atoms with Gasteiger partial charge < -0.3 is 4.74 Å². The van der Waals surface area contributed by atoms with E-state index in [0.29, 0.717) is 17.6 Å². The summed E-state index contributed by atoms with van der Waals surface area (Å²) in [6.45, 7) is 4.68. The van der Waals surface area contributed by atoms with Gasteiger partial charge in [0.05, 0.1) is 4.88 Å². The van der Waals surface area contributed by atoms with Crippen molar-refractivity contribution in [3.05, 3.63) is 59.0 Å². The third kappa shape index (κ3) is 2.98. The van der Waals surface area contributed by atoms with Crippen molar-refractivity contribution in [2.75, 3.05) is 0 Å². The highest BCUT2D eigenvalue weighted by molar-refractivity contribution is 7.06. The number of benzene rings is 2. The number of carbonyl (C=O) groups is 1. The third-order valence-corrected chi connectivity index (χ3v) is 5.78. The van der Waals surface area contributed by atoms with Crippen LogP contribution in [0.15, 0.2) is 48.5 Å². The number of ether oxygens (including phenoxy) is 1. The first kappa shape index (κ1) is 16.0. The van der Waals surface area contributed by atoms with Crippen LogP contribution in [0.5, 0.6) is 5.75 Å². The highest BCUT2D eigenvalue weighted by Crippen LogP contribution is 2.47. The summed E-state index contributed by atoms with van der Waals surface area (Å²) in [4.78, 5) is 11.6. The Labute approximate surface area is 151 Å². The first-order valence-corrected chi connectivity index (χ1v) is 9.16. The van der Waals surface area contributed by atoms with Crippen LogP contribution in [0, 0.1) is 6.92 Å². The van der Waals surface area contributed by atoms with E-state index < -0.39 is 0 Å². The zero-order chi connectivity index (χ0) is 17.4. The van der Waals surface area contributed by atoms with E-state index in [1.165, 1.54) is 41.1 Å². The molecule has 0 unspecified atom stereocenters. The molecule has 4 rings (SSSR count). The molecule has 0 N–H and O–H groups in total. The molecule has 25 heavy (non-hydrogen) atoms. The Kier molecular flexibility index (Phi) is 3.92. The number of aromatic nitrogens is 1. The molecule has 0 saturated heterocycles. The van der Waals surface area contributed by atoms with Gasteiger partial charge in [-0.3, -0.25) is 4.79 Å². The summed E-state index contributed by atoms with van der Waals surface area (Å²) >= 11 is 1.34. The Morgan fingerprint density at radius 1 is 1.00 bits per heavy atom. The standard InChI is InChI=1S/C21H19NO2S/c1-14-20(24-13-23)19(22-25-14)17-5-3-15(4-6-17)16-7-9-18(10-8-16)21(2)11-12-21/h3-10,13H,11-12H2,1-2H3. The van der Waals surface area contributed by atoms with Gasteiger partial charge in [0.15, 0.2) is 5.75 Å². The first-order valence-electron chi connectivity index (χ1n) is 8.39. The van der Waals surface area contributed by atoms with E-state index in [1.807, 2.05) is 19.1 Å². The second-order valence-corrected chi connectivity index (χ2v) is 7.82. The van der Waals surface area contributed by atoms with Gasteiger partial charge in [0.2, 0.25) is 0 Å². The third-order valence-electron chi connectivity index (χ3n) is 5.05. The van der Waals surface area contributed by atoms with Crippen molar-refractivity contribution in [1.82, 2.24) is 4.37 Å². The van der Waals surface area contributed by atoms with Crippen molar-refractivity contribution in [2.24, 2.45) is 0 Å². The molecule has 3 nitrogen and oxygen atoms in total. The Bertz CT molecular complexity index is 906. The zero-order valence-electron chi connectivity index (χ0n) is 14.3. The van der Waals surface area contributed by atoms with Crippen LogP contribution in [0.4, 0.5) is 0 Å². The summed E-state index contributed by atoms with van der Waals surface area (Å²) < 4.78 is 9.51.